The summed E-state index contributed by atoms with van der Waals surface area (Å²) >= 11 is 5.90. The molecule has 0 spiro atoms. The van der Waals surface area contributed by atoms with Gasteiger partial charge in [0, 0.05) is 64.5 Å². The van der Waals surface area contributed by atoms with Gasteiger partial charge in [0.2, 0.25) is 0 Å². The molecular weight excluding hydrogens is 406 g/mol. The molecule has 2 aliphatic rings. The molecule has 7 nitrogen and oxygen atoms in total. The molecule has 0 aromatic heterocycles. The molecule has 4 rings (SSSR count). The second kappa shape index (κ2) is 7.89. The highest BCUT2D eigenvalue weighted by molar-refractivity contribution is 6.30. The normalized spacial score (nSPS) is 22.6. The first kappa shape index (κ1) is 20.6. The van der Waals surface area contributed by atoms with E-state index < -0.39 is 0 Å². The van der Waals surface area contributed by atoms with Gasteiger partial charge in [-0.05, 0) is 36.8 Å². The van der Waals surface area contributed by atoms with E-state index in [2.05, 4.69) is 24.5 Å². The zero-order valence-corrected chi connectivity index (χ0v) is 17.6. The number of fused-ring (bicyclic) bond motifs is 3. The lowest BCUT2D eigenvalue weighted by molar-refractivity contribution is -0.385. The minimum Gasteiger partial charge on any atom is -0.381 e. The zero-order chi connectivity index (χ0) is 21.5. The number of nitrogens with zero attached hydrogens (tertiary/aromatic N) is 1. The summed E-state index contributed by atoms with van der Waals surface area (Å²) in [4.78, 5) is 23.4. The van der Waals surface area contributed by atoms with Crippen LogP contribution in [0.15, 0.2) is 42.5 Å². The lowest BCUT2D eigenvalue weighted by Gasteiger charge is -2.44. The van der Waals surface area contributed by atoms with Gasteiger partial charge < -0.3 is 15.4 Å². The van der Waals surface area contributed by atoms with Crippen molar-refractivity contribution in [1.29, 1.82) is 0 Å². The molecule has 0 saturated carbocycles. The first-order valence-corrected chi connectivity index (χ1v) is 10.3. The number of benzene rings is 2. The van der Waals surface area contributed by atoms with Gasteiger partial charge in [0.05, 0.1) is 11.0 Å². The molecule has 0 bridgehead atoms. The van der Waals surface area contributed by atoms with Gasteiger partial charge in [0.15, 0.2) is 0 Å². The van der Waals surface area contributed by atoms with Crippen LogP contribution in [0.1, 0.15) is 42.3 Å². The van der Waals surface area contributed by atoms with Gasteiger partial charge in [0.25, 0.3) is 11.6 Å². The van der Waals surface area contributed by atoms with E-state index in [4.69, 9.17) is 16.3 Å². The summed E-state index contributed by atoms with van der Waals surface area (Å²) in [6, 6.07) is 11.7. The molecule has 3 unspecified atom stereocenters. The molecule has 2 aliphatic heterocycles. The summed E-state index contributed by atoms with van der Waals surface area (Å²) in [6.45, 7) is 5.30. The van der Waals surface area contributed by atoms with E-state index in [1.54, 1.807) is 36.4 Å². The van der Waals surface area contributed by atoms with Gasteiger partial charge in [0.1, 0.15) is 0 Å². The fourth-order valence-corrected chi connectivity index (χ4v) is 4.60. The Labute approximate surface area is 179 Å². The minimum absolute atomic E-state index is 0.0458. The second-order valence-electron chi connectivity index (χ2n) is 8.57. The highest BCUT2D eigenvalue weighted by atomic mass is 35.5. The molecule has 2 aromatic carbocycles. The van der Waals surface area contributed by atoms with Crippen molar-refractivity contribution in [3.63, 3.8) is 0 Å². The molecule has 2 N–H and O–H groups in total. The monoisotopic (exact) mass is 429 g/mol. The summed E-state index contributed by atoms with van der Waals surface area (Å²) in [5.41, 5.74) is 2.04. The molecule has 3 atom stereocenters. The van der Waals surface area contributed by atoms with Crippen LogP contribution in [0.2, 0.25) is 5.02 Å². The third-order valence-corrected chi connectivity index (χ3v) is 6.33. The highest BCUT2D eigenvalue weighted by Crippen LogP contribution is 2.49. The van der Waals surface area contributed by atoms with Gasteiger partial charge in [-0.3, -0.25) is 14.9 Å². The highest BCUT2D eigenvalue weighted by Gasteiger charge is 2.47. The number of halogens is 1. The maximum Gasteiger partial charge on any atom is 0.269 e. The Bertz CT molecular complexity index is 977. The van der Waals surface area contributed by atoms with Crippen LogP contribution in [0.5, 0.6) is 0 Å². The van der Waals surface area contributed by atoms with E-state index in [0.29, 0.717) is 23.7 Å². The summed E-state index contributed by atoms with van der Waals surface area (Å²) in [7, 11) is 0. The van der Waals surface area contributed by atoms with E-state index in [9.17, 15) is 14.9 Å². The summed E-state index contributed by atoms with van der Waals surface area (Å²) in [6.07, 6.45) is 0.677. The molecule has 2 heterocycles. The number of carbonyl (C=O) groups excluding carboxylic acids is 1. The van der Waals surface area contributed by atoms with Crippen LogP contribution in [-0.4, -0.2) is 30.0 Å². The van der Waals surface area contributed by atoms with Crippen LogP contribution < -0.4 is 10.6 Å². The number of nitrogens with one attached hydrogen (secondary N) is 2. The van der Waals surface area contributed by atoms with Crippen molar-refractivity contribution in [2.75, 3.05) is 18.5 Å². The van der Waals surface area contributed by atoms with Crippen LogP contribution in [0.3, 0.4) is 0 Å². The number of carbonyl (C=O) groups is 1. The van der Waals surface area contributed by atoms with Crippen molar-refractivity contribution in [2.45, 2.75) is 32.4 Å². The first-order chi connectivity index (χ1) is 14.3. The maximum absolute atomic E-state index is 12.5. The van der Waals surface area contributed by atoms with Crippen LogP contribution in [0, 0.1) is 21.4 Å². The summed E-state index contributed by atoms with van der Waals surface area (Å²) < 4.78 is 5.99. The first-order valence-electron chi connectivity index (χ1n) is 9.96. The molecule has 0 radical (unpaired) electrons. The van der Waals surface area contributed by atoms with Crippen molar-refractivity contribution >= 4 is 28.9 Å². The van der Waals surface area contributed by atoms with Gasteiger partial charge in [-0.2, -0.15) is 0 Å². The largest absolute Gasteiger partial charge is 0.381 e. The molecule has 1 saturated heterocycles. The minimum atomic E-state index is -0.382. The number of hydrogen-bond acceptors (Lipinski definition) is 5. The van der Waals surface area contributed by atoms with Crippen molar-refractivity contribution in [3.8, 4) is 0 Å². The second-order valence-corrected chi connectivity index (χ2v) is 9.01. The topological polar surface area (TPSA) is 93.5 Å². The zero-order valence-electron chi connectivity index (χ0n) is 16.9. The number of amides is 1. The van der Waals surface area contributed by atoms with Gasteiger partial charge in [-0.15, -0.1) is 0 Å². The van der Waals surface area contributed by atoms with Crippen molar-refractivity contribution in [1.82, 2.24) is 5.32 Å². The molecule has 1 amide bonds. The number of hydrogen-bond donors (Lipinski definition) is 2. The smallest absolute Gasteiger partial charge is 0.269 e. The Morgan fingerprint density at radius 2 is 2.03 bits per heavy atom. The Morgan fingerprint density at radius 3 is 2.73 bits per heavy atom. The standard InChI is InChI=1S/C22H24ClN3O4/c1-22(2,12-24-21(27)13-3-5-14(23)6-4-13)20-16-9-10-30-19(16)17-11-15(26(28)29)7-8-18(17)25-20/h3-8,11,16,19-20,25H,9-10,12H2,1-2H3,(H,24,27). The van der Waals surface area contributed by atoms with E-state index in [-0.39, 0.29) is 40.0 Å². The summed E-state index contributed by atoms with van der Waals surface area (Å²) in [5.74, 6) is 0.0211. The molecule has 8 heteroatoms. The fraction of sp³-hybridized carbons (Fsp3) is 0.409. The molecule has 2 aromatic rings. The lowest BCUT2D eigenvalue weighted by atomic mass is 9.71. The predicted molar refractivity (Wildman–Crippen MR) is 115 cm³/mol. The van der Waals surface area contributed by atoms with Crippen LogP contribution in [0.25, 0.3) is 0 Å². The molecule has 158 valence electrons. The molecule has 30 heavy (non-hydrogen) atoms. The third-order valence-electron chi connectivity index (χ3n) is 6.08. The predicted octanol–water partition coefficient (Wildman–Crippen LogP) is 4.58. The fourth-order valence-electron chi connectivity index (χ4n) is 4.47. The number of anilines is 1. The van der Waals surface area contributed by atoms with Crippen LogP contribution >= 0.6 is 11.6 Å². The van der Waals surface area contributed by atoms with Crippen molar-refractivity contribution in [3.05, 3.63) is 68.7 Å². The average Bonchev–Trinajstić information content (AvgIpc) is 3.21. The van der Waals surface area contributed by atoms with Gasteiger partial charge in [-0.25, -0.2) is 0 Å². The number of nitro benzene ring substituents is 1. The number of nitro groups is 1. The quantitative estimate of drug-likeness (QED) is 0.536. The van der Waals surface area contributed by atoms with Gasteiger partial charge >= 0.3 is 0 Å². The Hall–Kier alpha value is -2.64. The Balaban J connectivity index is 1.53. The number of ether oxygens (including phenoxy) is 1. The van der Waals surface area contributed by atoms with Crippen molar-refractivity contribution < 1.29 is 14.5 Å². The molecular formula is C22H24ClN3O4. The Kier molecular flexibility index (Phi) is 5.42. The van der Waals surface area contributed by atoms with E-state index in [0.717, 1.165) is 17.7 Å². The number of rotatable bonds is 5. The molecule has 1 fully saturated rings. The van der Waals surface area contributed by atoms with E-state index in [1.807, 2.05) is 0 Å². The molecule has 0 aliphatic carbocycles. The van der Waals surface area contributed by atoms with Gasteiger partial charge in [-0.1, -0.05) is 25.4 Å². The van der Waals surface area contributed by atoms with Crippen LogP contribution in [0.4, 0.5) is 11.4 Å². The Morgan fingerprint density at radius 1 is 1.30 bits per heavy atom. The van der Waals surface area contributed by atoms with E-state index in [1.165, 1.54) is 6.07 Å². The van der Waals surface area contributed by atoms with E-state index >= 15 is 0 Å². The SMILES string of the molecule is CC(C)(CNC(=O)c1ccc(Cl)cc1)C1Nc2ccc([N+](=O)[O-])cc2C2OCCC21. The lowest BCUT2D eigenvalue weighted by Crippen LogP contribution is -2.51. The average molecular weight is 430 g/mol. The van der Waals surface area contributed by atoms with Crippen LogP contribution in [-0.2, 0) is 4.74 Å². The van der Waals surface area contributed by atoms with Crippen molar-refractivity contribution in [2.24, 2.45) is 11.3 Å². The number of non-ortho nitro benzene ring substituents is 1. The third kappa shape index (κ3) is 3.87. The maximum atomic E-state index is 12.5. The summed E-state index contributed by atoms with van der Waals surface area (Å²) in [5, 5.41) is 18.4.